The van der Waals surface area contributed by atoms with Crippen molar-refractivity contribution in [3.05, 3.63) is 0 Å². The van der Waals surface area contributed by atoms with Crippen molar-refractivity contribution >= 4 is 5.97 Å². The van der Waals surface area contributed by atoms with E-state index in [4.69, 9.17) is 4.74 Å². The predicted molar refractivity (Wildman–Crippen MR) is 74.6 cm³/mol. The lowest BCUT2D eigenvalue weighted by Gasteiger charge is -2.32. The van der Waals surface area contributed by atoms with E-state index in [0.29, 0.717) is 5.92 Å². The van der Waals surface area contributed by atoms with Gasteiger partial charge in [-0.3, -0.25) is 4.79 Å². The van der Waals surface area contributed by atoms with Crippen LogP contribution in [0.5, 0.6) is 0 Å². The van der Waals surface area contributed by atoms with Crippen molar-refractivity contribution in [2.75, 3.05) is 0 Å². The molecule has 2 aliphatic rings. The molecule has 0 amide bonds. The SMILES string of the molecule is CC[C@@H]1C[C@@]2(CC)OC(=O)[C@H](CC)[C@H]2[C@H]1[C@@H](O)CC. The maximum Gasteiger partial charge on any atom is 0.309 e. The smallest absolute Gasteiger partial charge is 0.309 e. The van der Waals surface area contributed by atoms with Crippen LogP contribution in [0.3, 0.4) is 0 Å². The van der Waals surface area contributed by atoms with E-state index in [2.05, 4.69) is 20.8 Å². The largest absolute Gasteiger partial charge is 0.459 e. The molecule has 1 saturated carbocycles. The Balaban J connectivity index is 2.38. The zero-order valence-corrected chi connectivity index (χ0v) is 12.7. The maximum absolute atomic E-state index is 12.1. The molecule has 3 nitrogen and oxygen atoms in total. The van der Waals surface area contributed by atoms with E-state index in [1.54, 1.807) is 0 Å². The van der Waals surface area contributed by atoms with Gasteiger partial charge in [0.25, 0.3) is 0 Å². The molecule has 1 aliphatic heterocycles. The number of hydrogen-bond acceptors (Lipinski definition) is 3. The molecule has 6 atom stereocenters. The number of carbonyl (C=O) groups is 1. The molecule has 0 aromatic heterocycles. The van der Waals surface area contributed by atoms with Crippen LogP contribution in [0.15, 0.2) is 0 Å². The highest BCUT2D eigenvalue weighted by atomic mass is 16.6. The zero-order chi connectivity index (χ0) is 14.2. The molecule has 0 aromatic carbocycles. The molecule has 0 bridgehead atoms. The van der Waals surface area contributed by atoms with Crippen molar-refractivity contribution < 1.29 is 14.6 Å². The third-order valence-corrected chi connectivity index (χ3v) is 5.64. The lowest BCUT2D eigenvalue weighted by atomic mass is 9.73. The minimum Gasteiger partial charge on any atom is -0.459 e. The van der Waals surface area contributed by atoms with Gasteiger partial charge < -0.3 is 9.84 Å². The van der Waals surface area contributed by atoms with E-state index >= 15 is 0 Å². The summed E-state index contributed by atoms with van der Waals surface area (Å²) in [5, 5.41) is 10.4. The van der Waals surface area contributed by atoms with Crippen LogP contribution in [0.2, 0.25) is 0 Å². The third kappa shape index (κ3) is 2.10. The molecule has 0 radical (unpaired) electrons. The Hall–Kier alpha value is -0.570. The summed E-state index contributed by atoms with van der Waals surface area (Å²) in [6, 6.07) is 0. The van der Waals surface area contributed by atoms with Crippen LogP contribution < -0.4 is 0 Å². The molecule has 2 rings (SSSR count). The van der Waals surface area contributed by atoms with E-state index < -0.39 is 0 Å². The fourth-order valence-corrected chi connectivity index (χ4v) is 4.64. The number of hydrogen-bond donors (Lipinski definition) is 1. The summed E-state index contributed by atoms with van der Waals surface area (Å²) >= 11 is 0. The van der Waals surface area contributed by atoms with Gasteiger partial charge in [0.1, 0.15) is 5.60 Å². The van der Waals surface area contributed by atoms with Crippen molar-refractivity contribution in [1.82, 2.24) is 0 Å². The highest BCUT2D eigenvalue weighted by Gasteiger charge is 2.63. The molecule has 2 fully saturated rings. The van der Waals surface area contributed by atoms with Crippen molar-refractivity contribution in [3.63, 3.8) is 0 Å². The summed E-state index contributed by atoms with van der Waals surface area (Å²) in [6.45, 7) is 8.40. The minimum atomic E-state index is -0.299. The van der Waals surface area contributed by atoms with Crippen LogP contribution in [0.25, 0.3) is 0 Å². The standard InChI is InChI=1S/C16H28O3/c1-5-10-9-16(8-4)14(13(10)12(17)7-3)11(6-2)15(18)19-16/h10-14,17H,5-9H2,1-4H3/t10-,11-,12+,13-,14+,16-/m1/s1. The van der Waals surface area contributed by atoms with Crippen LogP contribution in [0.1, 0.15) is 59.8 Å². The van der Waals surface area contributed by atoms with Gasteiger partial charge in [-0.25, -0.2) is 0 Å². The Morgan fingerprint density at radius 2 is 2.00 bits per heavy atom. The summed E-state index contributed by atoms with van der Waals surface area (Å²) in [7, 11) is 0. The fourth-order valence-electron chi connectivity index (χ4n) is 4.64. The number of rotatable bonds is 5. The highest BCUT2D eigenvalue weighted by Crippen LogP contribution is 2.58. The van der Waals surface area contributed by atoms with E-state index in [0.717, 1.165) is 32.1 Å². The lowest BCUT2D eigenvalue weighted by Crippen LogP contribution is -2.38. The monoisotopic (exact) mass is 268 g/mol. The lowest BCUT2D eigenvalue weighted by molar-refractivity contribution is -0.151. The molecule has 1 heterocycles. The Morgan fingerprint density at radius 3 is 2.47 bits per heavy atom. The van der Waals surface area contributed by atoms with Crippen LogP contribution in [0, 0.1) is 23.7 Å². The van der Waals surface area contributed by atoms with Gasteiger partial charge in [-0.05, 0) is 37.5 Å². The van der Waals surface area contributed by atoms with E-state index in [1.807, 2.05) is 6.92 Å². The number of aliphatic hydroxyl groups excluding tert-OH is 1. The summed E-state index contributed by atoms with van der Waals surface area (Å²) < 4.78 is 5.83. The highest BCUT2D eigenvalue weighted by molar-refractivity contribution is 5.76. The third-order valence-electron chi connectivity index (χ3n) is 5.64. The first-order chi connectivity index (χ1) is 9.04. The van der Waals surface area contributed by atoms with Crippen LogP contribution in [-0.4, -0.2) is 22.8 Å². The van der Waals surface area contributed by atoms with Gasteiger partial charge in [-0.15, -0.1) is 0 Å². The van der Waals surface area contributed by atoms with E-state index in [-0.39, 0.29) is 35.4 Å². The summed E-state index contributed by atoms with van der Waals surface area (Å²) in [5.41, 5.74) is -0.292. The first kappa shape index (κ1) is 14.8. The molecule has 1 N–H and O–H groups in total. The van der Waals surface area contributed by atoms with Gasteiger partial charge in [-0.2, -0.15) is 0 Å². The zero-order valence-electron chi connectivity index (χ0n) is 12.7. The maximum atomic E-state index is 12.1. The Labute approximate surface area is 116 Å². The molecule has 1 saturated heterocycles. The first-order valence-corrected chi connectivity index (χ1v) is 7.95. The summed E-state index contributed by atoms with van der Waals surface area (Å²) in [5.74, 6) is 0.892. The molecule has 1 aliphatic carbocycles. The Morgan fingerprint density at radius 1 is 1.32 bits per heavy atom. The summed E-state index contributed by atoms with van der Waals surface area (Å²) in [4.78, 5) is 12.1. The molecule has 0 unspecified atom stereocenters. The van der Waals surface area contributed by atoms with E-state index in [1.165, 1.54) is 0 Å². The summed E-state index contributed by atoms with van der Waals surface area (Å²) in [6.07, 6.45) is 4.18. The topological polar surface area (TPSA) is 46.5 Å². The molecule has 0 aromatic rings. The molecule has 110 valence electrons. The molecular weight excluding hydrogens is 240 g/mol. The van der Waals surface area contributed by atoms with Gasteiger partial charge >= 0.3 is 5.97 Å². The predicted octanol–water partition coefficient (Wildman–Crippen LogP) is 3.15. The van der Waals surface area contributed by atoms with Crippen LogP contribution >= 0.6 is 0 Å². The molecule has 19 heavy (non-hydrogen) atoms. The average Bonchev–Trinajstić information content (AvgIpc) is 2.87. The van der Waals surface area contributed by atoms with Gasteiger partial charge in [0.2, 0.25) is 0 Å². The van der Waals surface area contributed by atoms with Crippen molar-refractivity contribution in [2.24, 2.45) is 23.7 Å². The molecule has 3 heteroatoms. The number of carbonyl (C=O) groups excluding carboxylic acids is 1. The van der Waals surface area contributed by atoms with Crippen molar-refractivity contribution in [3.8, 4) is 0 Å². The Bertz CT molecular complexity index is 341. The van der Waals surface area contributed by atoms with Crippen LogP contribution in [0.4, 0.5) is 0 Å². The van der Waals surface area contributed by atoms with E-state index in [9.17, 15) is 9.90 Å². The minimum absolute atomic E-state index is 0.0114. The quantitative estimate of drug-likeness (QED) is 0.779. The van der Waals surface area contributed by atoms with Gasteiger partial charge in [0.15, 0.2) is 0 Å². The number of esters is 1. The first-order valence-electron chi connectivity index (χ1n) is 7.95. The fraction of sp³-hybridized carbons (Fsp3) is 0.938. The van der Waals surface area contributed by atoms with Gasteiger partial charge in [0.05, 0.1) is 12.0 Å². The molecular formula is C16H28O3. The normalized spacial score (nSPS) is 43.1. The second kappa shape index (κ2) is 5.43. The van der Waals surface area contributed by atoms with Gasteiger partial charge in [-0.1, -0.05) is 34.1 Å². The number of aliphatic hydroxyl groups is 1. The number of ether oxygens (including phenoxy) is 1. The average molecular weight is 268 g/mol. The number of fused-ring (bicyclic) bond motifs is 1. The van der Waals surface area contributed by atoms with Crippen LogP contribution in [-0.2, 0) is 9.53 Å². The molecule has 0 spiro atoms. The van der Waals surface area contributed by atoms with Crippen molar-refractivity contribution in [2.45, 2.75) is 71.5 Å². The van der Waals surface area contributed by atoms with Gasteiger partial charge in [0, 0.05) is 5.92 Å². The Kier molecular flexibility index (Phi) is 4.24. The van der Waals surface area contributed by atoms with Crippen molar-refractivity contribution in [1.29, 1.82) is 0 Å². The second-order valence-electron chi connectivity index (χ2n) is 6.31. The second-order valence-corrected chi connectivity index (χ2v) is 6.31.